The minimum Gasteiger partial charge on any atom is -0.379 e. The number of morpholine rings is 1. The molecule has 22 heavy (non-hydrogen) atoms. The summed E-state index contributed by atoms with van der Waals surface area (Å²) in [5.41, 5.74) is 2.78. The third kappa shape index (κ3) is 5.63. The number of rotatable bonds is 5. The van der Waals surface area contributed by atoms with E-state index in [2.05, 4.69) is 20.7 Å². The lowest BCUT2D eigenvalue weighted by Gasteiger charge is -2.26. The van der Waals surface area contributed by atoms with Crippen LogP contribution >= 0.6 is 12.2 Å². The Labute approximate surface area is 133 Å². The molecule has 1 aromatic carbocycles. The van der Waals surface area contributed by atoms with Gasteiger partial charge in [0.05, 0.1) is 19.4 Å². The largest absolute Gasteiger partial charge is 0.379 e. The van der Waals surface area contributed by atoms with E-state index in [1.165, 1.54) is 18.3 Å². The second-order valence-electron chi connectivity index (χ2n) is 4.75. The van der Waals surface area contributed by atoms with Crippen molar-refractivity contribution in [2.45, 2.75) is 0 Å². The molecule has 1 aliphatic heterocycles. The maximum Gasteiger partial charge on any atom is 0.187 e. The summed E-state index contributed by atoms with van der Waals surface area (Å²) in [6, 6.07) is 3.29. The second-order valence-corrected chi connectivity index (χ2v) is 5.15. The summed E-state index contributed by atoms with van der Waals surface area (Å²) in [7, 11) is 0. The summed E-state index contributed by atoms with van der Waals surface area (Å²) in [6.45, 7) is 4.91. The smallest absolute Gasteiger partial charge is 0.187 e. The molecule has 2 N–H and O–H groups in total. The number of hydrogen-bond acceptors (Lipinski definition) is 4. The van der Waals surface area contributed by atoms with Gasteiger partial charge in [0, 0.05) is 37.8 Å². The van der Waals surface area contributed by atoms with E-state index in [0.717, 1.165) is 38.9 Å². The maximum atomic E-state index is 13.4. The van der Waals surface area contributed by atoms with Crippen molar-refractivity contribution in [1.29, 1.82) is 0 Å². The zero-order chi connectivity index (χ0) is 15.8. The molecule has 1 heterocycles. The SMILES string of the molecule is Fc1ccc(/C=N\NC(=S)NCCN2CCOCC2)c(F)c1. The molecule has 1 aromatic rings. The summed E-state index contributed by atoms with van der Waals surface area (Å²) in [6.07, 6.45) is 1.25. The van der Waals surface area contributed by atoms with Crippen LogP contribution in [0.15, 0.2) is 23.3 Å². The van der Waals surface area contributed by atoms with Crippen molar-refractivity contribution >= 4 is 23.5 Å². The Morgan fingerprint density at radius 3 is 2.86 bits per heavy atom. The summed E-state index contributed by atoms with van der Waals surface area (Å²) in [5.74, 6) is -1.29. The van der Waals surface area contributed by atoms with E-state index in [-0.39, 0.29) is 5.56 Å². The Balaban J connectivity index is 1.67. The van der Waals surface area contributed by atoms with Crippen molar-refractivity contribution < 1.29 is 13.5 Å². The molecular formula is C14H18F2N4OS. The van der Waals surface area contributed by atoms with Gasteiger partial charge in [-0.15, -0.1) is 0 Å². The van der Waals surface area contributed by atoms with Gasteiger partial charge in [-0.05, 0) is 24.4 Å². The molecule has 0 bridgehead atoms. The molecule has 0 unspecified atom stereocenters. The summed E-state index contributed by atoms with van der Waals surface area (Å²) in [5, 5.41) is 7.19. The van der Waals surface area contributed by atoms with Crippen LogP contribution in [0.2, 0.25) is 0 Å². The first kappa shape index (κ1) is 16.7. The highest BCUT2D eigenvalue weighted by Gasteiger charge is 2.09. The van der Waals surface area contributed by atoms with E-state index in [1.54, 1.807) is 0 Å². The van der Waals surface area contributed by atoms with Crippen LogP contribution in [-0.2, 0) is 4.74 Å². The van der Waals surface area contributed by atoms with Crippen molar-refractivity contribution in [3.63, 3.8) is 0 Å². The van der Waals surface area contributed by atoms with Gasteiger partial charge in [-0.3, -0.25) is 10.3 Å². The number of hydrazone groups is 1. The number of benzene rings is 1. The van der Waals surface area contributed by atoms with Gasteiger partial charge < -0.3 is 10.1 Å². The Morgan fingerprint density at radius 1 is 1.36 bits per heavy atom. The Hall–Kier alpha value is -1.64. The lowest BCUT2D eigenvalue weighted by Crippen LogP contribution is -2.42. The Morgan fingerprint density at radius 2 is 2.14 bits per heavy atom. The number of nitrogens with zero attached hydrogens (tertiary/aromatic N) is 2. The van der Waals surface area contributed by atoms with E-state index in [9.17, 15) is 8.78 Å². The van der Waals surface area contributed by atoms with Crippen LogP contribution < -0.4 is 10.7 Å². The Bertz CT molecular complexity index is 536. The number of nitrogens with one attached hydrogen (secondary N) is 2. The lowest BCUT2D eigenvalue weighted by molar-refractivity contribution is 0.0389. The molecule has 0 aliphatic carbocycles. The summed E-state index contributed by atoms with van der Waals surface area (Å²) in [4.78, 5) is 2.27. The van der Waals surface area contributed by atoms with Crippen LogP contribution in [0.1, 0.15) is 5.56 Å². The molecule has 120 valence electrons. The number of hydrogen-bond donors (Lipinski definition) is 2. The molecule has 1 fully saturated rings. The van der Waals surface area contributed by atoms with Gasteiger partial charge in [0.15, 0.2) is 5.11 Å². The predicted octanol–water partition coefficient (Wildman–Crippen LogP) is 1.09. The van der Waals surface area contributed by atoms with E-state index < -0.39 is 11.6 Å². The van der Waals surface area contributed by atoms with Crippen molar-refractivity contribution in [2.24, 2.45) is 5.10 Å². The van der Waals surface area contributed by atoms with Crippen LogP contribution in [0, 0.1) is 11.6 Å². The quantitative estimate of drug-likeness (QED) is 0.481. The maximum absolute atomic E-state index is 13.4. The van der Waals surface area contributed by atoms with E-state index in [0.29, 0.717) is 11.7 Å². The highest BCUT2D eigenvalue weighted by atomic mass is 32.1. The van der Waals surface area contributed by atoms with Gasteiger partial charge in [-0.2, -0.15) is 5.10 Å². The molecule has 1 saturated heterocycles. The van der Waals surface area contributed by atoms with Crippen LogP contribution in [0.5, 0.6) is 0 Å². The average Bonchev–Trinajstić information content (AvgIpc) is 2.50. The lowest BCUT2D eigenvalue weighted by atomic mass is 10.2. The molecule has 0 amide bonds. The molecule has 8 heteroatoms. The predicted molar refractivity (Wildman–Crippen MR) is 84.9 cm³/mol. The fraction of sp³-hybridized carbons (Fsp3) is 0.429. The highest BCUT2D eigenvalue weighted by Crippen LogP contribution is 2.06. The number of ether oxygens (including phenoxy) is 1. The van der Waals surface area contributed by atoms with E-state index in [4.69, 9.17) is 17.0 Å². The van der Waals surface area contributed by atoms with Crippen LogP contribution in [0.25, 0.3) is 0 Å². The molecular weight excluding hydrogens is 310 g/mol. The summed E-state index contributed by atoms with van der Waals surface area (Å²) < 4.78 is 31.4. The normalized spacial score (nSPS) is 15.9. The molecule has 0 radical (unpaired) electrons. The number of halogens is 2. The van der Waals surface area contributed by atoms with E-state index >= 15 is 0 Å². The van der Waals surface area contributed by atoms with Crippen LogP contribution in [0.4, 0.5) is 8.78 Å². The molecule has 0 spiro atoms. The van der Waals surface area contributed by atoms with Gasteiger partial charge in [-0.1, -0.05) is 0 Å². The van der Waals surface area contributed by atoms with Crippen LogP contribution in [-0.4, -0.2) is 55.6 Å². The first-order valence-electron chi connectivity index (χ1n) is 6.97. The monoisotopic (exact) mass is 328 g/mol. The van der Waals surface area contributed by atoms with Gasteiger partial charge in [0.2, 0.25) is 0 Å². The van der Waals surface area contributed by atoms with Gasteiger partial charge >= 0.3 is 0 Å². The first-order valence-corrected chi connectivity index (χ1v) is 7.38. The molecule has 2 rings (SSSR count). The Kier molecular flexibility index (Phi) is 6.63. The molecule has 0 saturated carbocycles. The third-order valence-corrected chi connectivity index (χ3v) is 3.39. The standard InChI is InChI=1S/C14H18F2N4OS/c15-12-2-1-11(13(16)9-12)10-18-19-14(22)17-3-4-20-5-7-21-8-6-20/h1-2,9-10H,3-8H2,(H2,17,19,22)/b18-10-. The van der Waals surface area contributed by atoms with Crippen molar-refractivity contribution in [3.8, 4) is 0 Å². The highest BCUT2D eigenvalue weighted by molar-refractivity contribution is 7.80. The van der Waals surface area contributed by atoms with Gasteiger partial charge in [0.25, 0.3) is 0 Å². The number of thiocarbonyl (C=S) groups is 1. The zero-order valence-electron chi connectivity index (χ0n) is 12.0. The molecule has 5 nitrogen and oxygen atoms in total. The molecule has 1 aliphatic rings. The second kappa shape index (κ2) is 8.72. The average molecular weight is 328 g/mol. The fourth-order valence-electron chi connectivity index (χ4n) is 1.96. The zero-order valence-corrected chi connectivity index (χ0v) is 12.8. The minimum atomic E-state index is -0.670. The minimum absolute atomic E-state index is 0.185. The van der Waals surface area contributed by atoms with Crippen molar-refractivity contribution in [3.05, 3.63) is 35.4 Å². The molecule has 0 atom stereocenters. The van der Waals surface area contributed by atoms with Crippen molar-refractivity contribution in [1.82, 2.24) is 15.6 Å². The third-order valence-electron chi connectivity index (χ3n) is 3.15. The summed E-state index contributed by atoms with van der Waals surface area (Å²) >= 11 is 5.06. The fourth-order valence-corrected chi connectivity index (χ4v) is 2.11. The van der Waals surface area contributed by atoms with E-state index in [1.807, 2.05) is 0 Å². The topological polar surface area (TPSA) is 48.9 Å². The van der Waals surface area contributed by atoms with Crippen molar-refractivity contribution in [2.75, 3.05) is 39.4 Å². The first-order chi connectivity index (χ1) is 10.6. The van der Waals surface area contributed by atoms with Gasteiger partial charge in [-0.25, -0.2) is 8.78 Å². The van der Waals surface area contributed by atoms with Gasteiger partial charge in [0.1, 0.15) is 11.6 Å². The van der Waals surface area contributed by atoms with Crippen LogP contribution in [0.3, 0.4) is 0 Å². The molecule has 0 aromatic heterocycles.